The van der Waals surface area contributed by atoms with Crippen LogP contribution in [0.4, 0.5) is 19.0 Å². The lowest BCUT2D eigenvalue weighted by Crippen LogP contribution is -2.08. The van der Waals surface area contributed by atoms with Gasteiger partial charge in [-0.15, -0.1) is 0 Å². The van der Waals surface area contributed by atoms with Crippen molar-refractivity contribution in [1.29, 1.82) is 5.26 Å². The molecule has 0 saturated heterocycles. The molecule has 1 aromatic rings. The third-order valence-electron chi connectivity index (χ3n) is 1.47. The van der Waals surface area contributed by atoms with Crippen LogP contribution in [0.25, 0.3) is 0 Å². The molecule has 0 unspecified atom stereocenters. The van der Waals surface area contributed by atoms with Crippen LogP contribution in [-0.2, 0) is 13.2 Å². The Bertz CT molecular complexity index is 370. The predicted molar refractivity (Wildman–Crippen MR) is 37.3 cm³/mol. The fourth-order valence-corrected chi connectivity index (χ4v) is 0.846. The lowest BCUT2D eigenvalue weighted by Gasteiger charge is -2.00. The number of nitrogen functional groups attached to an aromatic ring is 1. The first-order chi connectivity index (χ1) is 5.88. The van der Waals surface area contributed by atoms with Crippen molar-refractivity contribution >= 4 is 5.82 Å². The smallest absolute Gasteiger partial charge is 0.383 e. The van der Waals surface area contributed by atoms with Crippen LogP contribution in [0.5, 0.6) is 0 Å². The van der Waals surface area contributed by atoms with Gasteiger partial charge in [-0.05, 0) is 0 Å². The van der Waals surface area contributed by atoms with E-state index in [0.29, 0.717) is 0 Å². The second kappa shape index (κ2) is 2.65. The molecule has 0 aliphatic rings. The van der Waals surface area contributed by atoms with Crippen LogP contribution in [0.1, 0.15) is 11.3 Å². The van der Waals surface area contributed by atoms with Crippen LogP contribution in [0, 0.1) is 11.3 Å². The van der Waals surface area contributed by atoms with Gasteiger partial charge < -0.3 is 5.73 Å². The van der Waals surface area contributed by atoms with Crippen molar-refractivity contribution in [2.45, 2.75) is 6.18 Å². The first kappa shape index (κ1) is 9.38. The van der Waals surface area contributed by atoms with Gasteiger partial charge in [-0.2, -0.15) is 23.5 Å². The minimum Gasteiger partial charge on any atom is -0.383 e. The Balaban J connectivity index is 3.41. The Morgan fingerprint density at radius 2 is 2.08 bits per heavy atom. The number of anilines is 1. The minimum atomic E-state index is -4.64. The number of alkyl halides is 3. The maximum Gasteiger partial charge on any atom is 0.436 e. The van der Waals surface area contributed by atoms with E-state index in [1.165, 1.54) is 13.1 Å². The van der Waals surface area contributed by atoms with E-state index in [-0.39, 0.29) is 5.82 Å². The zero-order chi connectivity index (χ0) is 10.2. The summed E-state index contributed by atoms with van der Waals surface area (Å²) in [5, 5.41) is 11.5. The summed E-state index contributed by atoms with van der Waals surface area (Å²) in [4.78, 5) is 0. The quantitative estimate of drug-likeness (QED) is 0.660. The summed E-state index contributed by atoms with van der Waals surface area (Å²) in [6, 6.07) is 1.36. The number of halogens is 3. The Labute approximate surface area is 71.4 Å². The molecule has 0 fully saturated rings. The van der Waals surface area contributed by atoms with Crippen LogP contribution in [0.3, 0.4) is 0 Å². The van der Waals surface area contributed by atoms with Crippen LogP contribution in [0.2, 0.25) is 0 Å². The molecule has 0 saturated carbocycles. The van der Waals surface area contributed by atoms with Gasteiger partial charge >= 0.3 is 6.18 Å². The zero-order valence-corrected chi connectivity index (χ0v) is 6.55. The molecule has 0 aliphatic carbocycles. The summed E-state index contributed by atoms with van der Waals surface area (Å²) in [7, 11) is 1.24. The third-order valence-corrected chi connectivity index (χ3v) is 1.47. The zero-order valence-electron chi connectivity index (χ0n) is 6.55. The normalized spacial score (nSPS) is 11.3. The maximum atomic E-state index is 12.1. The Hall–Kier alpha value is -1.71. The van der Waals surface area contributed by atoms with E-state index < -0.39 is 17.4 Å². The van der Waals surface area contributed by atoms with Crippen molar-refractivity contribution in [2.24, 2.45) is 7.05 Å². The van der Waals surface area contributed by atoms with Gasteiger partial charge in [-0.25, -0.2) is 0 Å². The van der Waals surface area contributed by atoms with E-state index >= 15 is 0 Å². The predicted octanol–water partition coefficient (Wildman–Crippen LogP) is 0.893. The van der Waals surface area contributed by atoms with Crippen LogP contribution >= 0.6 is 0 Å². The van der Waals surface area contributed by atoms with Crippen LogP contribution in [0.15, 0.2) is 0 Å². The number of nitrogens with zero attached hydrogens (tertiary/aromatic N) is 3. The SMILES string of the molecule is Cn1nc(C(F)(F)F)c(C#N)c1N. The van der Waals surface area contributed by atoms with Crippen molar-refractivity contribution in [3.05, 3.63) is 11.3 Å². The monoisotopic (exact) mass is 190 g/mol. The lowest BCUT2D eigenvalue weighted by molar-refractivity contribution is -0.141. The molecule has 1 heterocycles. The molecular weight excluding hydrogens is 185 g/mol. The van der Waals surface area contributed by atoms with Gasteiger partial charge in [0.05, 0.1) is 0 Å². The standard InChI is InChI=1S/C6H5F3N4/c1-13-5(11)3(2-10)4(12-13)6(7,8)9/h11H2,1H3. The Morgan fingerprint density at radius 1 is 1.54 bits per heavy atom. The topological polar surface area (TPSA) is 67.6 Å². The maximum absolute atomic E-state index is 12.1. The van der Waals surface area contributed by atoms with E-state index in [1.807, 2.05) is 0 Å². The summed E-state index contributed by atoms with van der Waals surface area (Å²) in [5.41, 5.74) is 3.32. The molecule has 0 bridgehead atoms. The van der Waals surface area contributed by atoms with Crippen molar-refractivity contribution in [1.82, 2.24) is 9.78 Å². The van der Waals surface area contributed by atoms with Crippen molar-refractivity contribution in [3.63, 3.8) is 0 Å². The lowest BCUT2D eigenvalue weighted by atomic mass is 10.2. The van der Waals surface area contributed by atoms with Crippen LogP contribution < -0.4 is 5.73 Å². The average molecular weight is 190 g/mol. The van der Waals surface area contributed by atoms with E-state index in [9.17, 15) is 13.2 Å². The number of nitriles is 1. The molecule has 4 nitrogen and oxygen atoms in total. The van der Waals surface area contributed by atoms with Crippen molar-refractivity contribution in [3.8, 4) is 6.07 Å². The minimum absolute atomic E-state index is 0.283. The van der Waals surface area contributed by atoms with Gasteiger partial charge in [-0.1, -0.05) is 0 Å². The van der Waals surface area contributed by atoms with Gasteiger partial charge in [-0.3, -0.25) is 4.68 Å². The second-order valence-electron chi connectivity index (χ2n) is 2.34. The van der Waals surface area contributed by atoms with Crippen molar-refractivity contribution < 1.29 is 13.2 Å². The molecule has 7 heteroatoms. The molecule has 0 radical (unpaired) electrons. The highest BCUT2D eigenvalue weighted by atomic mass is 19.4. The average Bonchev–Trinajstić information content (AvgIpc) is 2.28. The largest absolute Gasteiger partial charge is 0.436 e. The number of rotatable bonds is 0. The molecule has 1 aromatic heterocycles. The molecule has 13 heavy (non-hydrogen) atoms. The number of nitrogens with two attached hydrogens (primary N) is 1. The molecule has 0 amide bonds. The number of hydrogen-bond donors (Lipinski definition) is 1. The number of hydrogen-bond acceptors (Lipinski definition) is 3. The molecule has 0 aromatic carbocycles. The van der Waals surface area contributed by atoms with E-state index in [2.05, 4.69) is 5.10 Å². The number of aromatic nitrogens is 2. The summed E-state index contributed by atoms with van der Waals surface area (Å²) >= 11 is 0. The Morgan fingerprint density at radius 3 is 2.38 bits per heavy atom. The van der Waals surface area contributed by atoms with E-state index in [1.54, 1.807) is 0 Å². The van der Waals surface area contributed by atoms with Gasteiger partial charge in [0.2, 0.25) is 0 Å². The highest BCUT2D eigenvalue weighted by Gasteiger charge is 2.38. The summed E-state index contributed by atoms with van der Waals surface area (Å²) in [6.45, 7) is 0. The highest BCUT2D eigenvalue weighted by Crippen LogP contribution is 2.32. The number of aryl methyl sites for hydroxylation is 1. The van der Waals surface area contributed by atoms with Gasteiger partial charge in [0.15, 0.2) is 5.69 Å². The molecular formula is C6H5F3N4. The van der Waals surface area contributed by atoms with Gasteiger partial charge in [0.1, 0.15) is 17.5 Å². The van der Waals surface area contributed by atoms with Gasteiger partial charge in [0.25, 0.3) is 0 Å². The fourth-order valence-electron chi connectivity index (χ4n) is 0.846. The van der Waals surface area contributed by atoms with Gasteiger partial charge in [0, 0.05) is 7.05 Å². The molecule has 0 spiro atoms. The highest BCUT2D eigenvalue weighted by molar-refractivity contribution is 5.52. The van der Waals surface area contributed by atoms with E-state index in [0.717, 1.165) is 4.68 Å². The molecule has 0 atom stereocenters. The molecule has 1 rings (SSSR count). The summed E-state index contributed by atoms with van der Waals surface area (Å²) in [6.07, 6.45) is -4.64. The molecule has 70 valence electrons. The van der Waals surface area contributed by atoms with E-state index in [4.69, 9.17) is 11.0 Å². The van der Waals surface area contributed by atoms with Crippen molar-refractivity contribution in [2.75, 3.05) is 5.73 Å². The fraction of sp³-hybridized carbons (Fsp3) is 0.333. The molecule has 0 aliphatic heterocycles. The second-order valence-corrected chi connectivity index (χ2v) is 2.34. The summed E-state index contributed by atoms with van der Waals surface area (Å²) < 4.78 is 37.3. The molecule has 2 N–H and O–H groups in total. The first-order valence-corrected chi connectivity index (χ1v) is 3.17. The van der Waals surface area contributed by atoms with Crippen LogP contribution in [-0.4, -0.2) is 9.78 Å². The first-order valence-electron chi connectivity index (χ1n) is 3.17. The third kappa shape index (κ3) is 1.42. The Kier molecular flexibility index (Phi) is 1.92. The summed E-state index contributed by atoms with van der Waals surface area (Å²) in [5.74, 6) is -0.283.